The van der Waals surface area contributed by atoms with Crippen molar-refractivity contribution in [3.63, 3.8) is 0 Å². The SMILES string of the molecule is C#CCCNC(=O)C(N)c1cccs1. The highest BCUT2D eigenvalue weighted by molar-refractivity contribution is 7.10. The zero-order valence-corrected chi connectivity index (χ0v) is 8.51. The van der Waals surface area contributed by atoms with Crippen LogP contribution in [0.1, 0.15) is 17.3 Å². The second kappa shape index (κ2) is 5.43. The molecule has 0 aliphatic carbocycles. The van der Waals surface area contributed by atoms with Gasteiger partial charge >= 0.3 is 0 Å². The maximum atomic E-state index is 11.4. The number of amides is 1. The van der Waals surface area contributed by atoms with Gasteiger partial charge in [0.05, 0.1) is 0 Å². The summed E-state index contributed by atoms with van der Waals surface area (Å²) in [5.41, 5.74) is 5.71. The molecule has 0 aromatic carbocycles. The van der Waals surface area contributed by atoms with Gasteiger partial charge in [-0.15, -0.1) is 23.7 Å². The number of carbonyl (C=O) groups excluding carboxylic acids is 1. The summed E-state index contributed by atoms with van der Waals surface area (Å²) in [4.78, 5) is 12.3. The van der Waals surface area contributed by atoms with E-state index in [0.29, 0.717) is 13.0 Å². The minimum Gasteiger partial charge on any atom is -0.353 e. The second-order valence-electron chi connectivity index (χ2n) is 2.74. The topological polar surface area (TPSA) is 55.1 Å². The molecule has 1 amide bonds. The van der Waals surface area contributed by atoms with Crippen LogP contribution in [0.2, 0.25) is 0 Å². The Bertz CT molecular complexity index is 326. The number of nitrogens with one attached hydrogen (secondary N) is 1. The predicted octanol–water partition coefficient (Wildman–Crippen LogP) is 0.887. The van der Waals surface area contributed by atoms with Crippen molar-refractivity contribution in [3.05, 3.63) is 22.4 Å². The molecule has 0 aliphatic rings. The molecule has 1 aromatic heterocycles. The fraction of sp³-hybridized carbons (Fsp3) is 0.300. The fourth-order valence-electron chi connectivity index (χ4n) is 0.965. The lowest BCUT2D eigenvalue weighted by molar-refractivity contribution is -0.122. The van der Waals surface area contributed by atoms with Gasteiger partial charge in [-0.2, -0.15) is 0 Å². The highest BCUT2D eigenvalue weighted by Gasteiger charge is 2.15. The Morgan fingerprint density at radius 3 is 3.14 bits per heavy atom. The highest BCUT2D eigenvalue weighted by atomic mass is 32.1. The standard InChI is InChI=1S/C10H12N2OS/c1-2-3-6-12-10(13)9(11)8-5-4-7-14-8/h1,4-5,7,9H,3,6,11H2,(H,12,13). The third-order valence-corrected chi connectivity index (χ3v) is 2.66. The first-order valence-electron chi connectivity index (χ1n) is 4.26. The van der Waals surface area contributed by atoms with Crippen molar-refractivity contribution in [1.29, 1.82) is 0 Å². The van der Waals surface area contributed by atoms with Gasteiger partial charge in [0.2, 0.25) is 5.91 Å². The molecule has 3 N–H and O–H groups in total. The summed E-state index contributed by atoms with van der Waals surface area (Å²) in [6.07, 6.45) is 5.59. The van der Waals surface area contributed by atoms with Gasteiger partial charge in [-0.05, 0) is 11.4 Å². The van der Waals surface area contributed by atoms with Crippen LogP contribution in [0.25, 0.3) is 0 Å². The molecule has 0 saturated carbocycles. The van der Waals surface area contributed by atoms with Crippen molar-refractivity contribution in [2.45, 2.75) is 12.5 Å². The Morgan fingerprint density at radius 2 is 2.57 bits per heavy atom. The number of terminal acetylenes is 1. The molecule has 14 heavy (non-hydrogen) atoms. The largest absolute Gasteiger partial charge is 0.353 e. The summed E-state index contributed by atoms with van der Waals surface area (Å²) in [6.45, 7) is 0.481. The number of thiophene rings is 1. The van der Waals surface area contributed by atoms with Gasteiger partial charge in [-0.3, -0.25) is 4.79 Å². The number of nitrogens with two attached hydrogens (primary N) is 1. The van der Waals surface area contributed by atoms with Gasteiger partial charge in [-0.1, -0.05) is 6.07 Å². The van der Waals surface area contributed by atoms with Crippen molar-refractivity contribution in [2.75, 3.05) is 6.54 Å². The first-order valence-corrected chi connectivity index (χ1v) is 5.14. The molecule has 1 atom stereocenters. The van der Waals surface area contributed by atoms with E-state index in [4.69, 9.17) is 12.2 Å². The van der Waals surface area contributed by atoms with Crippen molar-refractivity contribution in [1.82, 2.24) is 5.32 Å². The van der Waals surface area contributed by atoms with Gasteiger partial charge < -0.3 is 11.1 Å². The lowest BCUT2D eigenvalue weighted by atomic mass is 10.2. The van der Waals surface area contributed by atoms with Gasteiger partial charge in [0.1, 0.15) is 6.04 Å². The average Bonchev–Trinajstić information content (AvgIpc) is 2.69. The van der Waals surface area contributed by atoms with E-state index in [1.807, 2.05) is 17.5 Å². The van der Waals surface area contributed by atoms with Crippen LogP contribution in [-0.4, -0.2) is 12.5 Å². The van der Waals surface area contributed by atoms with Crippen LogP contribution in [-0.2, 0) is 4.79 Å². The van der Waals surface area contributed by atoms with E-state index in [9.17, 15) is 4.79 Å². The Hall–Kier alpha value is -1.31. The summed E-state index contributed by atoms with van der Waals surface area (Å²) in [7, 11) is 0. The van der Waals surface area contributed by atoms with E-state index in [1.54, 1.807) is 0 Å². The molecular weight excluding hydrogens is 196 g/mol. The number of hydrogen-bond acceptors (Lipinski definition) is 3. The lowest BCUT2D eigenvalue weighted by Gasteiger charge is -2.09. The second-order valence-corrected chi connectivity index (χ2v) is 3.72. The van der Waals surface area contributed by atoms with E-state index < -0.39 is 6.04 Å². The Kier molecular flexibility index (Phi) is 4.17. The molecule has 1 aromatic rings. The van der Waals surface area contributed by atoms with Crippen LogP contribution in [0.15, 0.2) is 17.5 Å². The molecule has 0 aliphatic heterocycles. The fourth-order valence-corrected chi connectivity index (χ4v) is 1.69. The van der Waals surface area contributed by atoms with Crippen molar-refractivity contribution in [3.8, 4) is 12.3 Å². The quantitative estimate of drug-likeness (QED) is 0.570. The summed E-state index contributed by atoms with van der Waals surface area (Å²) in [5.74, 6) is 2.27. The molecule has 0 radical (unpaired) electrons. The number of rotatable bonds is 4. The molecule has 1 unspecified atom stereocenters. The summed E-state index contributed by atoms with van der Waals surface area (Å²) in [6, 6.07) is 3.14. The van der Waals surface area contributed by atoms with E-state index in [-0.39, 0.29) is 5.91 Å². The molecule has 1 heterocycles. The molecule has 0 saturated heterocycles. The van der Waals surface area contributed by atoms with Crippen LogP contribution >= 0.6 is 11.3 Å². The Morgan fingerprint density at radius 1 is 1.79 bits per heavy atom. The predicted molar refractivity (Wildman–Crippen MR) is 57.7 cm³/mol. The lowest BCUT2D eigenvalue weighted by Crippen LogP contribution is -2.34. The molecular formula is C10H12N2OS. The minimum absolute atomic E-state index is 0.178. The normalized spacial score (nSPS) is 11.7. The minimum atomic E-state index is -0.576. The molecule has 0 bridgehead atoms. The summed E-state index contributed by atoms with van der Waals surface area (Å²) in [5, 5.41) is 4.56. The van der Waals surface area contributed by atoms with Crippen LogP contribution in [0, 0.1) is 12.3 Å². The summed E-state index contributed by atoms with van der Waals surface area (Å²) >= 11 is 1.47. The molecule has 74 valence electrons. The molecule has 3 nitrogen and oxygen atoms in total. The molecule has 0 fully saturated rings. The van der Waals surface area contributed by atoms with Crippen LogP contribution in [0.3, 0.4) is 0 Å². The van der Waals surface area contributed by atoms with E-state index >= 15 is 0 Å². The third kappa shape index (κ3) is 2.87. The van der Waals surface area contributed by atoms with Crippen molar-refractivity contribution < 1.29 is 4.79 Å². The van der Waals surface area contributed by atoms with Gasteiger partial charge in [0.25, 0.3) is 0 Å². The zero-order valence-electron chi connectivity index (χ0n) is 7.69. The van der Waals surface area contributed by atoms with Crippen LogP contribution < -0.4 is 11.1 Å². The molecule has 1 rings (SSSR count). The third-order valence-electron chi connectivity index (χ3n) is 1.70. The van der Waals surface area contributed by atoms with Crippen molar-refractivity contribution >= 4 is 17.2 Å². The average molecular weight is 208 g/mol. The maximum absolute atomic E-state index is 11.4. The van der Waals surface area contributed by atoms with Crippen LogP contribution in [0.4, 0.5) is 0 Å². The maximum Gasteiger partial charge on any atom is 0.242 e. The first-order chi connectivity index (χ1) is 6.75. The van der Waals surface area contributed by atoms with Gasteiger partial charge in [-0.25, -0.2) is 0 Å². The molecule has 0 spiro atoms. The smallest absolute Gasteiger partial charge is 0.242 e. The van der Waals surface area contributed by atoms with E-state index in [0.717, 1.165) is 4.88 Å². The van der Waals surface area contributed by atoms with E-state index in [2.05, 4.69) is 11.2 Å². The monoisotopic (exact) mass is 208 g/mol. The van der Waals surface area contributed by atoms with Crippen LogP contribution in [0.5, 0.6) is 0 Å². The molecule has 4 heteroatoms. The first kappa shape index (κ1) is 10.8. The zero-order chi connectivity index (χ0) is 10.4. The van der Waals surface area contributed by atoms with Crippen molar-refractivity contribution in [2.24, 2.45) is 5.73 Å². The van der Waals surface area contributed by atoms with Gasteiger partial charge in [0.15, 0.2) is 0 Å². The number of carbonyl (C=O) groups is 1. The van der Waals surface area contributed by atoms with E-state index in [1.165, 1.54) is 11.3 Å². The van der Waals surface area contributed by atoms with Gasteiger partial charge in [0, 0.05) is 17.8 Å². The summed E-state index contributed by atoms with van der Waals surface area (Å²) < 4.78 is 0. The highest BCUT2D eigenvalue weighted by Crippen LogP contribution is 2.16. The number of hydrogen-bond donors (Lipinski definition) is 2. The Labute approximate surface area is 87.3 Å². The Balaban J connectivity index is 2.42.